The highest BCUT2D eigenvalue weighted by Crippen LogP contribution is 2.64. The lowest BCUT2D eigenvalue weighted by Crippen LogP contribution is -2.54. The van der Waals surface area contributed by atoms with E-state index in [1.165, 1.54) is 6.92 Å². The van der Waals surface area contributed by atoms with Gasteiger partial charge in [-0.2, -0.15) is 26.3 Å². The zero-order valence-electron chi connectivity index (χ0n) is 18.0. The summed E-state index contributed by atoms with van der Waals surface area (Å²) in [7, 11) is -3.87. The topological polar surface area (TPSA) is 0 Å². The van der Waals surface area contributed by atoms with Crippen LogP contribution < -0.4 is 5.30 Å². The quantitative estimate of drug-likeness (QED) is 0.0836. The molecule has 0 saturated heterocycles. The highest BCUT2D eigenvalue weighted by Gasteiger charge is 2.73. The fourth-order valence-electron chi connectivity index (χ4n) is 3.34. The van der Waals surface area contributed by atoms with E-state index in [1.54, 1.807) is 13.8 Å². The number of benzene rings is 1. The number of rotatable bonds is 13. The van der Waals surface area contributed by atoms with Gasteiger partial charge >= 0.3 is 17.5 Å². The lowest BCUT2D eigenvalue weighted by molar-refractivity contribution is -0.280. The van der Waals surface area contributed by atoms with E-state index in [1.807, 2.05) is 0 Å². The first-order valence-electron chi connectivity index (χ1n) is 10.4. The van der Waals surface area contributed by atoms with Gasteiger partial charge in [-0.1, -0.05) is 52.9 Å². The molecular weight excluding hydrogens is 473 g/mol. The third-order valence-corrected chi connectivity index (χ3v) is 8.02. The van der Waals surface area contributed by atoms with E-state index in [0.29, 0.717) is 19.3 Å². The van der Waals surface area contributed by atoms with Crippen molar-refractivity contribution < 1.29 is 43.9 Å². The van der Waals surface area contributed by atoms with E-state index >= 15 is 8.78 Å². The second kappa shape index (κ2) is 11.4. The van der Waals surface area contributed by atoms with Crippen molar-refractivity contribution in [3.63, 3.8) is 0 Å². The smallest absolute Gasteiger partial charge is 0.204 e. The molecule has 186 valence electrons. The largest absolute Gasteiger partial charge is 0.376 e. The minimum absolute atomic E-state index is 0.124. The van der Waals surface area contributed by atoms with Crippen LogP contribution in [-0.2, 0) is 0 Å². The molecule has 0 spiro atoms. The van der Waals surface area contributed by atoms with Crippen LogP contribution in [0.5, 0.6) is 0 Å². The van der Waals surface area contributed by atoms with Gasteiger partial charge in [-0.05, 0) is 24.6 Å². The molecule has 32 heavy (non-hydrogen) atoms. The number of hydrogen-bond acceptors (Lipinski definition) is 0. The summed E-state index contributed by atoms with van der Waals surface area (Å²) in [5.74, 6) is -21.0. The average Bonchev–Trinajstić information content (AvgIpc) is 2.70. The molecule has 0 radical (unpaired) electrons. The summed E-state index contributed by atoms with van der Waals surface area (Å²) < 4.78 is 143. The Morgan fingerprint density at radius 1 is 0.812 bits per heavy atom. The molecule has 2 unspecified atom stereocenters. The van der Waals surface area contributed by atoms with E-state index in [-0.39, 0.29) is 18.9 Å². The van der Waals surface area contributed by atoms with Crippen LogP contribution >= 0.6 is 7.92 Å². The molecule has 11 heteroatoms. The summed E-state index contributed by atoms with van der Waals surface area (Å²) >= 11 is 0. The van der Waals surface area contributed by atoms with E-state index in [4.69, 9.17) is 0 Å². The molecule has 0 heterocycles. The van der Waals surface area contributed by atoms with Gasteiger partial charge in [0, 0.05) is 19.6 Å². The summed E-state index contributed by atoms with van der Waals surface area (Å²) in [5, 5.41) is -1.54. The summed E-state index contributed by atoms with van der Waals surface area (Å²) in [6.07, 6.45) is -1.10. The maximum atomic E-state index is 15.1. The van der Waals surface area contributed by atoms with Crippen molar-refractivity contribution in [1.29, 1.82) is 0 Å². The summed E-state index contributed by atoms with van der Waals surface area (Å²) in [5.41, 5.74) is -5.52. The van der Waals surface area contributed by atoms with Crippen molar-refractivity contribution in [3.8, 4) is 0 Å². The van der Waals surface area contributed by atoms with Gasteiger partial charge in [0.05, 0.1) is 0 Å². The number of hydrogen-bond donors (Lipinski definition) is 0. The first-order chi connectivity index (χ1) is 14.7. The first-order valence-corrected chi connectivity index (χ1v) is 11.9. The highest BCUT2D eigenvalue weighted by molar-refractivity contribution is 7.66. The minimum atomic E-state index is -5.92. The fourth-order valence-corrected chi connectivity index (χ4v) is 5.98. The maximum Gasteiger partial charge on any atom is 0.376 e. The van der Waals surface area contributed by atoms with Crippen LogP contribution in [0, 0.1) is 29.2 Å². The Kier molecular flexibility index (Phi) is 10.3. The van der Waals surface area contributed by atoms with E-state index in [9.17, 15) is 35.1 Å². The molecule has 2 atom stereocenters. The Balaban J connectivity index is 3.51. The Hall–Kier alpha value is -1.05. The van der Waals surface area contributed by atoms with Crippen LogP contribution in [-0.4, -0.2) is 23.7 Å². The molecule has 0 aliphatic carbocycles. The Morgan fingerprint density at radius 3 is 1.94 bits per heavy atom. The van der Waals surface area contributed by atoms with Crippen molar-refractivity contribution in [2.45, 2.75) is 83.2 Å². The molecule has 1 aromatic rings. The molecule has 0 aliphatic rings. The van der Waals surface area contributed by atoms with Gasteiger partial charge in [0.2, 0.25) is 0 Å². The minimum Gasteiger partial charge on any atom is -0.204 e. The van der Waals surface area contributed by atoms with Crippen molar-refractivity contribution in [2.75, 3.05) is 6.16 Å². The van der Waals surface area contributed by atoms with Crippen LogP contribution in [0.2, 0.25) is 0 Å². The lowest BCUT2D eigenvalue weighted by atomic mass is 10.0. The zero-order valence-corrected chi connectivity index (χ0v) is 18.9. The van der Waals surface area contributed by atoms with Gasteiger partial charge in [0.1, 0.15) is 0 Å². The van der Waals surface area contributed by atoms with Crippen LogP contribution in [0.3, 0.4) is 0 Å². The van der Waals surface area contributed by atoms with Crippen LogP contribution in [0.1, 0.15) is 65.7 Å². The fraction of sp³-hybridized carbons (Fsp3) is 0.714. The van der Waals surface area contributed by atoms with Gasteiger partial charge < -0.3 is 0 Å². The van der Waals surface area contributed by atoms with Crippen molar-refractivity contribution in [1.82, 2.24) is 0 Å². The van der Waals surface area contributed by atoms with Gasteiger partial charge in [-0.15, -0.1) is 0 Å². The second-order valence-electron chi connectivity index (χ2n) is 7.95. The van der Waals surface area contributed by atoms with Crippen molar-refractivity contribution in [2.24, 2.45) is 5.92 Å². The second-order valence-corrected chi connectivity index (χ2v) is 10.2. The number of halogens is 10. The van der Waals surface area contributed by atoms with Crippen LogP contribution in [0.4, 0.5) is 43.9 Å². The van der Waals surface area contributed by atoms with Crippen LogP contribution in [0.25, 0.3) is 0 Å². The SMILES string of the molecule is CCCCCCC(F)(F)C(F)(F)C(F)(F)P(CC(C)CCC)c1cc(F)c(F)c(F)c1F. The number of unbranched alkanes of at least 4 members (excludes halogenated alkanes) is 3. The van der Waals surface area contributed by atoms with Crippen molar-refractivity contribution in [3.05, 3.63) is 29.3 Å². The monoisotopic (exact) mass is 500 g/mol. The first kappa shape index (κ1) is 29.0. The molecule has 0 N–H and O–H groups in total. The molecule has 1 aromatic carbocycles. The molecule has 0 fully saturated rings. The van der Waals surface area contributed by atoms with Gasteiger partial charge in [-0.25, -0.2) is 17.6 Å². The van der Waals surface area contributed by atoms with Crippen LogP contribution in [0.15, 0.2) is 6.07 Å². The average molecular weight is 500 g/mol. The highest BCUT2D eigenvalue weighted by atomic mass is 31.1. The summed E-state index contributed by atoms with van der Waals surface area (Å²) in [6.45, 7) is 4.74. The predicted molar refractivity (Wildman–Crippen MR) is 105 cm³/mol. The third-order valence-electron chi connectivity index (χ3n) is 5.17. The van der Waals surface area contributed by atoms with Crippen molar-refractivity contribution >= 4 is 13.2 Å². The molecule has 0 amide bonds. The van der Waals surface area contributed by atoms with E-state index < -0.39 is 78.9 Å². The third kappa shape index (κ3) is 6.09. The van der Waals surface area contributed by atoms with E-state index in [0.717, 1.165) is 0 Å². The summed E-state index contributed by atoms with van der Waals surface area (Å²) in [6, 6.07) is -0.137. The Morgan fingerprint density at radius 2 is 1.41 bits per heavy atom. The Labute approximate surface area is 182 Å². The molecule has 1 rings (SSSR count). The summed E-state index contributed by atoms with van der Waals surface area (Å²) in [4.78, 5) is 0. The molecule has 0 nitrogen and oxygen atoms in total. The standard InChI is InChI=1S/C21H27F10P/c1-4-6-7-8-10-19(26,27)20(28,29)21(30,31)32(12-13(3)9-5-2)15-11-14(22)16(23)18(25)17(15)24/h11,13H,4-10,12H2,1-3H3. The molecular formula is C21H27F10P. The zero-order chi connectivity index (χ0) is 24.9. The lowest BCUT2D eigenvalue weighted by Gasteiger charge is -2.38. The van der Waals surface area contributed by atoms with Gasteiger partial charge in [0.25, 0.3) is 0 Å². The normalized spacial score (nSPS) is 15.2. The van der Waals surface area contributed by atoms with Gasteiger partial charge in [0.15, 0.2) is 23.3 Å². The van der Waals surface area contributed by atoms with Gasteiger partial charge in [-0.3, -0.25) is 0 Å². The maximum absolute atomic E-state index is 15.1. The molecule has 0 bridgehead atoms. The Bertz CT molecular complexity index is 751. The predicted octanol–water partition coefficient (Wildman–Crippen LogP) is 8.62. The molecule has 0 saturated carbocycles. The molecule has 0 aliphatic heterocycles. The molecule has 0 aromatic heterocycles. The number of alkyl halides is 6. The van der Waals surface area contributed by atoms with E-state index in [2.05, 4.69) is 0 Å².